The molecule has 0 bridgehead atoms. The number of amides is 1. The summed E-state index contributed by atoms with van der Waals surface area (Å²) in [5.74, 6) is 0.267. The van der Waals surface area contributed by atoms with Crippen LogP contribution in [0.15, 0.2) is 39.8 Å². The van der Waals surface area contributed by atoms with Gasteiger partial charge in [0.2, 0.25) is 10.0 Å². The molecule has 134 valence electrons. The van der Waals surface area contributed by atoms with Crippen molar-refractivity contribution in [1.29, 1.82) is 0 Å². The number of carbonyl (C=O) groups is 1. The Kier molecular flexibility index (Phi) is 4.80. The number of benzene rings is 1. The summed E-state index contributed by atoms with van der Waals surface area (Å²) < 4.78 is 37.8. The van der Waals surface area contributed by atoms with E-state index in [1.54, 1.807) is 6.07 Å². The number of hydrogen-bond acceptors (Lipinski definition) is 6. The molecule has 1 fully saturated rings. The Hall–Kier alpha value is -2.36. The van der Waals surface area contributed by atoms with Crippen molar-refractivity contribution in [3.8, 4) is 5.75 Å². The molecule has 4 N–H and O–H groups in total. The fourth-order valence-corrected chi connectivity index (χ4v) is 3.76. The summed E-state index contributed by atoms with van der Waals surface area (Å²) in [6, 6.07) is 5.93. The largest absolute Gasteiger partial charge is 0.495 e. The molecule has 0 spiro atoms. The molecule has 1 amide bonds. The van der Waals surface area contributed by atoms with E-state index in [0.29, 0.717) is 17.0 Å². The first-order chi connectivity index (χ1) is 11.9. The minimum absolute atomic E-state index is 0.0189. The predicted octanol–water partition coefficient (Wildman–Crippen LogP) is 1.44. The molecular formula is C16H19N3O5S. The van der Waals surface area contributed by atoms with E-state index in [9.17, 15) is 13.2 Å². The molecule has 0 aliphatic heterocycles. The van der Waals surface area contributed by atoms with E-state index in [1.807, 2.05) is 0 Å². The average molecular weight is 365 g/mol. The molecule has 0 unspecified atom stereocenters. The van der Waals surface area contributed by atoms with E-state index in [0.717, 1.165) is 12.8 Å². The highest BCUT2D eigenvalue weighted by Crippen LogP contribution is 2.30. The summed E-state index contributed by atoms with van der Waals surface area (Å²) in [6.07, 6.45) is 2.94. The predicted molar refractivity (Wildman–Crippen MR) is 90.9 cm³/mol. The average Bonchev–Trinajstić information content (AvgIpc) is 3.26. The van der Waals surface area contributed by atoms with Crippen LogP contribution < -0.4 is 20.5 Å². The maximum Gasteiger partial charge on any atom is 0.258 e. The van der Waals surface area contributed by atoms with Crippen LogP contribution in [0, 0.1) is 0 Å². The van der Waals surface area contributed by atoms with Crippen molar-refractivity contribution >= 4 is 21.6 Å². The molecule has 1 heterocycles. The lowest BCUT2D eigenvalue weighted by atomic mass is 10.2. The summed E-state index contributed by atoms with van der Waals surface area (Å²) in [7, 11) is -2.33. The summed E-state index contributed by atoms with van der Waals surface area (Å²) in [5, 5.41) is 2.64. The highest BCUT2D eigenvalue weighted by molar-refractivity contribution is 7.89. The van der Waals surface area contributed by atoms with Crippen LogP contribution >= 0.6 is 0 Å². The Morgan fingerprint density at radius 2 is 2.12 bits per heavy atom. The van der Waals surface area contributed by atoms with Gasteiger partial charge in [-0.1, -0.05) is 0 Å². The van der Waals surface area contributed by atoms with Crippen molar-refractivity contribution in [2.24, 2.45) is 5.73 Å². The van der Waals surface area contributed by atoms with Crippen molar-refractivity contribution in [2.75, 3.05) is 12.4 Å². The quantitative estimate of drug-likeness (QED) is 0.682. The van der Waals surface area contributed by atoms with E-state index in [4.69, 9.17) is 14.9 Å². The van der Waals surface area contributed by atoms with Gasteiger partial charge in [-0.05, 0) is 37.1 Å². The Morgan fingerprint density at radius 3 is 2.72 bits per heavy atom. The molecule has 0 radical (unpaired) electrons. The Bertz CT molecular complexity index is 887. The molecule has 9 heteroatoms. The zero-order valence-corrected chi connectivity index (χ0v) is 14.4. The summed E-state index contributed by atoms with van der Waals surface area (Å²) >= 11 is 0. The molecule has 1 aliphatic carbocycles. The molecule has 1 aliphatic rings. The van der Waals surface area contributed by atoms with Crippen LogP contribution in [0.25, 0.3) is 0 Å². The van der Waals surface area contributed by atoms with E-state index in [-0.39, 0.29) is 23.2 Å². The number of carbonyl (C=O) groups excluding carboxylic acids is 1. The SMILES string of the molecule is COc1ccc(NC(=O)c2coc(CN)c2)cc1S(=O)(=O)NC1CC1. The van der Waals surface area contributed by atoms with Crippen LogP contribution in [-0.2, 0) is 16.6 Å². The van der Waals surface area contributed by atoms with E-state index >= 15 is 0 Å². The zero-order chi connectivity index (χ0) is 18.0. The monoisotopic (exact) mass is 365 g/mol. The number of hydrogen-bond donors (Lipinski definition) is 3. The number of nitrogens with one attached hydrogen (secondary N) is 2. The van der Waals surface area contributed by atoms with Gasteiger partial charge in [0.15, 0.2) is 0 Å². The molecule has 8 nitrogen and oxygen atoms in total. The fraction of sp³-hybridized carbons (Fsp3) is 0.312. The first-order valence-corrected chi connectivity index (χ1v) is 9.20. The van der Waals surface area contributed by atoms with Crippen molar-refractivity contribution in [1.82, 2.24) is 4.72 Å². The third-order valence-corrected chi connectivity index (χ3v) is 5.27. The third-order valence-electron chi connectivity index (χ3n) is 3.73. The van der Waals surface area contributed by atoms with Crippen molar-refractivity contribution < 1.29 is 22.4 Å². The van der Waals surface area contributed by atoms with Gasteiger partial charge in [0.25, 0.3) is 5.91 Å². The molecule has 1 aromatic carbocycles. The fourth-order valence-electron chi connectivity index (χ4n) is 2.26. The van der Waals surface area contributed by atoms with Gasteiger partial charge in [0.05, 0.1) is 19.2 Å². The summed E-state index contributed by atoms with van der Waals surface area (Å²) in [5.41, 5.74) is 6.08. The maximum absolute atomic E-state index is 12.5. The first-order valence-electron chi connectivity index (χ1n) is 7.72. The highest BCUT2D eigenvalue weighted by atomic mass is 32.2. The topological polar surface area (TPSA) is 124 Å². The van der Waals surface area contributed by atoms with Crippen LogP contribution in [0.2, 0.25) is 0 Å². The number of furan rings is 1. The van der Waals surface area contributed by atoms with Gasteiger partial charge in [-0.3, -0.25) is 4.79 Å². The van der Waals surface area contributed by atoms with Gasteiger partial charge in [-0.25, -0.2) is 13.1 Å². The third kappa shape index (κ3) is 4.01. The van der Waals surface area contributed by atoms with Crippen molar-refractivity contribution in [3.05, 3.63) is 41.9 Å². The molecule has 1 aromatic heterocycles. The van der Waals surface area contributed by atoms with Crippen LogP contribution in [0.4, 0.5) is 5.69 Å². The number of methoxy groups -OCH3 is 1. The number of anilines is 1. The second-order valence-electron chi connectivity index (χ2n) is 5.72. The number of sulfonamides is 1. The second-order valence-corrected chi connectivity index (χ2v) is 7.40. The van der Waals surface area contributed by atoms with Crippen LogP contribution in [0.5, 0.6) is 5.75 Å². The highest BCUT2D eigenvalue weighted by Gasteiger charge is 2.30. The van der Waals surface area contributed by atoms with Crippen molar-refractivity contribution in [2.45, 2.75) is 30.3 Å². The van der Waals surface area contributed by atoms with Gasteiger partial charge < -0.3 is 20.2 Å². The summed E-state index contributed by atoms with van der Waals surface area (Å²) in [4.78, 5) is 12.2. The van der Waals surface area contributed by atoms with Crippen LogP contribution in [0.1, 0.15) is 29.0 Å². The second kappa shape index (κ2) is 6.87. The van der Waals surface area contributed by atoms with Gasteiger partial charge in [0, 0.05) is 11.7 Å². The van der Waals surface area contributed by atoms with Gasteiger partial charge in [-0.15, -0.1) is 0 Å². The Morgan fingerprint density at radius 1 is 1.36 bits per heavy atom. The molecule has 25 heavy (non-hydrogen) atoms. The molecule has 3 rings (SSSR count). The van der Waals surface area contributed by atoms with Crippen molar-refractivity contribution in [3.63, 3.8) is 0 Å². The zero-order valence-electron chi connectivity index (χ0n) is 13.6. The van der Waals surface area contributed by atoms with Crippen LogP contribution in [-0.4, -0.2) is 27.5 Å². The lowest BCUT2D eigenvalue weighted by molar-refractivity contribution is 0.102. The Labute approximate surface area is 145 Å². The van der Waals surface area contributed by atoms with Gasteiger partial charge >= 0.3 is 0 Å². The molecule has 2 aromatic rings. The van der Waals surface area contributed by atoms with E-state index in [1.165, 1.54) is 31.6 Å². The number of rotatable bonds is 7. The van der Waals surface area contributed by atoms with E-state index in [2.05, 4.69) is 10.0 Å². The smallest absolute Gasteiger partial charge is 0.258 e. The standard InChI is InChI=1S/C16H19N3O5S/c1-23-14-5-4-12(7-15(14)25(21,22)19-11-2-3-11)18-16(20)10-6-13(8-17)24-9-10/h4-7,9,11,19H,2-3,8,17H2,1H3,(H,18,20). The lowest BCUT2D eigenvalue weighted by Gasteiger charge is -2.12. The molecule has 1 saturated carbocycles. The van der Waals surface area contributed by atoms with Gasteiger partial charge in [-0.2, -0.15) is 0 Å². The minimum Gasteiger partial charge on any atom is -0.495 e. The molecular weight excluding hydrogens is 346 g/mol. The van der Waals surface area contributed by atoms with Gasteiger partial charge in [0.1, 0.15) is 22.7 Å². The molecule has 0 saturated heterocycles. The normalized spacial score (nSPS) is 14.3. The van der Waals surface area contributed by atoms with E-state index < -0.39 is 15.9 Å². The number of nitrogens with two attached hydrogens (primary N) is 1. The first kappa shape index (κ1) is 17.5. The summed E-state index contributed by atoms with van der Waals surface area (Å²) in [6.45, 7) is 0.186. The minimum atomic E-state index is -3.72. The lowest BCUT2D eigenvalue weighted by Crippen LogP contribution is -2.26. The van der Waals surface area contributed by atoms with Crippen LogP contribution in [0.3, 0.4) is 0 Å². The maximum atomic E-state index is 12.5. The Balaban J connectivity index is 1.84. The number of ether oxygens (including phenoxy) is 1. The molecule has 0 atom stereocenters.